The SMILES string of the molecule is CCCCCC(CCCC)(OP=O)c1cccs1. The van der Waals surface area contributed by atoms with E-state index in [2.05, 4.69) is 25.3 Å². The van der Waals surface area contributed by atoms with Crippen molar-refractivity contribution < 1.29 is 9.09 Å². The van der Waals surface area contributed by atoms with E-state index < -0.39 is 0 Å². The molecule has 0 bridgehead atoms. The smallest absolute Gasteiger partial charge is 0.282 e. The van der Waals surface area contributed by atoms with Crippen molar-refractivity contribution in [3.8, 4) is 0 Å². The highest BCUT2D eigenvalue weighted by atomic mass is 32.1. The van der Waals surface area contributed by atoms with Crippen molar-refractivity contribution in [3.05, 3.63) is 22.4 Å². The highest BCUT2D eigenvalue weighted by Crippen LogP contribution is 2.41. The van der Waals surface area contributed by atoms with Crippen LogP contribution in [0, 0.1) is 0 Å². The van der Waals surface area contributed by atoms with E-state index in [0.717, 1.165) is 32.1 Å². The fourth-order valence-electron chi connectivity index (χ4n) is 2.24. The predicted octanol–water partition coefficient (Wildman–Crippen LogP) is 5.94. The average molecular weight is 286 g/mol. The highest BCUT2D eigenvalue weighted by molar-refractivity contribution is 7.17. The molecule has 1 atom stereocenters. The van der Waals surface area contributed by atoms with Gasteiger partial charge in [0, 0.05) is 4.88 Å². The van der Waals surface area contributed by atoms with E-state index in [0.29, 0.717) is 0 Å². The van der Waals surface area contributed by atoms with Gasteiger partial charge in [-0.05, 0) is 24.3 Å². The third-order valence-electron chi connectivity index (χ3n) is 3.30. The monoisotopic (exact) mass is 286 g/mol. The molecule has 0 spiro atoms. The number of unbranched alkanes of at least 4 members (excludes halogenated alkanes) is 3. The molecule has 1 unspecified atom stereocenters. The van der Waals surface area contributed by atoms with E-state index in [9.17, 15) is 4.57 Å². The van der Waals surface area contributed by atoms with Crippen molar-refractivity contribution in [1.82, 2.24) is 0 Å². The summed E-state index contributed by atoms with van der Waals surface area (Å²) in [6, 6.07) is 4.16. The summed E-state index contributed by atoms with van der Waals surface area (Å²) < 4.78 is 16.6. The molecule has 2 nitrogen and oxygen atoms in total. The second-order valence-corrected chi connectivity index (χ2v) is 5.98. The van der Waals surface area contributed by atoms with Crippen LogP contribution >= 0.6 is 20.0 Å². The van der Waals surface area contributed by atoms with Crippen molar-refractivity contribution in [2.75, 3.05) is 0 Å². The normalized spacial score (nSPS) is 14.8. The summed E-state index contributed by atoms with van der Waals surface area (Å²) in [6.07, 6.45) is 7.72. The maximum Gasteiger partial charge on any atom is 0.328 e. The number of thiophene rings is 1. The van der Waals surface area contributed by atoms with E-state index in [-0.39, 0.29) is 14.3 Å². The van der Waals surface area contributed by atoms with E-state index in [1.54, 1.807) is 11.3 Å². The minimum Gasteiger partial charge on any atom is -0.282 e. The molecule has 1 aromatic rings. The average Bonchev–Trinajstić information content (AvgIpc) is 2.90. The molecule has 1 aromatic heterocycles. The van der Waals surface area contributed by atoms with Crippen LogP contribution in [0.5, 0.6) is 0 Å². The Balaban J connectivity index is 2.82. The van der Waals surface area contributed by atoms with Crippen molar-refractivity contribution in [3.63, 3.8) is 0 Å². The molecular formula is C14H23O2PS. The standard InChI is InChI=1S/C14H23O2PS/c1-3-5-7-11-14(16-17-15,10-6-4-2)13-9-8-12-18-13/h8-9,12H,3-7,10-11H2,1-2H3. The Morgan fingerprint density at radius 3 is 2.50 bits per heavy atom. The lowest BCUT2D eigenvalue weighted by molar-refractivity contribution is 0.0602. The van der Waals surface area contributed by atoms with Gasteiger partial charge in [-0.1, -0.05) is 52.0 Å². The third-order valence-corrected chi connectivity index (χ3v) is 4.78. The molecule has 0 fully saturated rings. The van der Waals surface area contributed by atoms with E-state index in [4.69, 9.17) is 4.52 Å². The first-order chi connectivity index (χ1) is 8.79. The zero-order valence-electron chi connectivity index (χ0n) is 11.4. The summed E-state index contributed by atoms with van der Waals surface area (Å²) >= 11 is 1.71. The van der Waals surface area contributed by atoms with Crippen LogP contribution in [0.1, 0.15) is 63.7 Å². The van der Waals surface area contributed by atoms with Crippen molar-refractivity contribution in [2.45, 2.75) is 64.4 Å². The topological polar surface area (TPSA) is 26.3 Å². The lowest BCUT2D eigenvalue weighted by Gasteiger charge is -2.30. The van der Waals surface area contributed by atoms with Crippen LogP contribution in [-0.2, 0) is 14.7 Å². The van der Waals surface area contributed by atoms with E-state index in [1.165, 1.54) is 17.7 Å². The van der Waals surface area contributed by atoms with E-state index >= 15 is 0 Å². The Labute approximate surface area is 116 Å². The molecule has 0 saturated carbocycles. The van der Waals surface area contributed by atoms with Gasteiger partial charge in [0.05, 0.1) is 0 Å². The van der Waals surface area contributed by atoms with Gasteiger partial charge < -0.3 is 0 Å². The Kier molecular flexibility index (Phi) is 7.73. The van der Waals surface area contributed by atoms with Crippen LogP contribution < -0.4 is 0 Å². The van der Waals surface area contributed by atoms with Gasteiger partial charge in [-0.3, -0.25) is 4.52 Å². The molecule has 102 valence electrons. The summed E-state index contributed by atoms with van der Waals surface area (Å²) in [6.45, 7) is 4.38. The zero-order valence-corrected chi connectivity index (χ0v) is 13.1. The van der Waals surface area contributed by atoms with Crippen molar-refractivity contribution in [2.24, 2.45) is 0 Å². The predicted molar refractivity (Wildman–Crippen MR) is 78.4 cm³/mol. The molecule has 0 aromatic carbocycles. The molecular weight excluding hydrogens is 263 g/mol. The first-order valence-corrected chi connectivity index (χ1v) is 8.45. The summed E-state index contributed by atoms with van der Waals surface area (Å²) in [5.74, 6) is 0. The van der Waals surface area contributed by atoms with Crippen molar-refractivity contribution in [1.29, 1.82) is 0 Å². The minimum atomic E-state index is -0.331. The fourth-order valence-corrected chi connectivity index (χ4v) is 3.65. The van der Waals surface area contributed by atoms with Crippen LogP contribution in [0.4, 0.5) is 0 Å². The van der Waals surface area contributed by atoms with Gasteiger partial charge in [0.15, 0.2) is 0 Å². The number of hydrogen-bond donors (Lipinski definition) is 0. The first kappa shape index (κ1) is 15.8. The van der Waals surface area contributed by atoms with Crippen LogP contribution in [0.15, 0.2) is 17.5 Å². The summed E-state index contributed by atoms with van der Waals surface area (Å²) in [4.78, 5) is 1.22. The van der Waals surface area contributed by atoms with Crippen molar-refractivity contribution >= 4 is 20.0 Å². The van der Waals surface area contributed by atoms with Crippen LogP contribution in [0.2, 0.25) is 0 Å². The third kappa shape index (κ3) is 4.46. The van der Waals surface area contributed by atoms with Gasteiger partial charge in [-0.2, -0.15) is 0 Å². The molecule has 0 N–H and O–H groups in total. The number of rotatable bonds is 10. The maximum absolute atomic E-state index is 11.0. The molecule has 4 heteroatoms. The largest absolute Gasteiger partial charge is 0.328 e. The Hall–Kier alpha value is -0.240. The molecule has 1 heterocycles. The molecule has 0 radical (unpaired) electrons. The summed E-state index contributed by atoms with van der Waals surface area (Å²) in [5.41, 5.74) is -0.331. The highest BCUT2D eigenvalue weighted by Gasteiger charge is 2.33. The molecule has 1 rings (SSSR count). The molecule has 0 saturated heterocycles. The Morgan fingerprint density at radius 2 is 1.94 bits per heavy atom. The Bertz CT molecular complexity index is 327. The molecule has 0 amide bonds. The van der Waals surface area contributed by atoms with Gasteiger partial charge >= 0.3 is 8.69 Å². The Morgan fingerprint density at radius 1 is 1.22 bits per heavy atom. The summed E-state index contributed by atoms with van der Waals surface area (Å²) in [5, 5.41) is 2.07. The quantitative estimate of drug-likeness (QED) is 0.393. The maximum atomic E-state index is 11.0. The lowest BCUT2D eigenvalue weighted by atomic mass is 9.89. The first-order valence-electron chi connectivity index (χ1n) is 6.84. The zero-order chi connectivity index (χ0) is 13.3. The molecule has 0 aliphatic heterocycles. The molecule has 0 aliphatic rings. The van der Waals surface area contributed by atoms with E-state index in [1.807, 2.05) is 6.07 Å². The second kappa shape index (κ2) is 8.79. The van der Waals surface area contributed by atoms with Gasteiger partial charge in [-0.15, -0.1) is 11.3 Å². The van der Waals surface area contributed by atoms with Gasteiger partial charge in [-0.25, -0.2) is 4.57 Å². The lowest BCUT2D eigenvalue weighted by Crippen LogP contribution is -2.25. The number of hydrogen-bond acceptors (Lipinski definition) is 3. The fraction of sp³-hybridized carbons (Fsp3) is 0.714. The van der Waals surface area contributed by atoms with Gasteiger partial charge in [0.25, 0.3) is 0 Å². The molecule has 0 aliphatic carbocycles. The van der Waals surface area contributed by atoms with Gasteiger partial charge in [0.1, 0.15) is 5.60 Å². The van der Waals surface area contributed by atoms with Crippen LogP contribution in [-0.4, -0.2) is 0 Å². The second-order valence-electron chi connectivity index (χ2n) is 4.70. The molecule has 18 heavy (non-hydrogen) atoms. The summed E-state index contributed by atoms with van der Waals surface area (Å²) in [7, 11) is -0.201. The van der Waals surface area contributed by atoms with Crippen LogP contribution in [0.25, 0.3) is 0 Å². The van der Waals surface area contributed by atoms with Crippen LogP contribution in [0.3, 0.4) is 0 Å². The van der Waals surface area contributed by atoms with Gasteiger partial charge in [0.2, 0.25) is 0 Å². The minimum absolute atomic E-state index is 0.201.